The van der Waals surface area contributed by atoms with Gasteiger partial charge in [0.15, 0.2) is 5.03 Å². The molecule has 180 valence electrons. The van der Waals surface area contributed by atoms with Crippen LogP contribution in [0.5, 0.6) is 5.75 Å². The van der Waals surface area contributed by atoms with Crippen LogP contribution in [-0.4, -0.2) is 33.6 Å². The van der Waals surface area contributed by atoms with Crippen LogP contribution in [0, 0.1) is 6.92 Å². The third kappa shape index (κ3) is 4.90. The number of hydrogen-bond acceptors (Lipinski definition) is 8. The highest BCUT2D eigenvalue weighted by molar-refractivity contribution is 7.91. The number of pyridine rings is 1. The molecule has 4 rings (SSSR count). The van der Waals surface area contributed by atoms with Gasteiger partial charge < -0.3 is 19.2 Å². The van der Waals surface area contributed by atoms with Gasteiger partial charge in [-0.2, -0.15) is 0 Å². The smallest absolute Gasteiger partial charge is 0.339 e. The molecule has 2 aromatic heterocycles. The quantitative estimate of drug-likeness (QED) is 0.347. The highest BCUT2D eigenvalue weighted by atomic mass is 32.2. The Morgan fingerprint density at radius 3 is 2.49 bits per heavy atom. The molecular formula is C26H24N2O6S. The third-order valence-electron chi connectivity index (χ3n) is 5.48. The molecule has 2 heterocycles. The molecule has 0 radical (unpaired) electrons. The maximum Gasteiger partial charge on any atom is 0.339 e. The molecule has 1 N–H and O–H groups in total. The number of ether oxygens (including phenoxy) is 2. The second-order valence-electron chi connectivity index (χ2n) is 7.68. The normalized spacial score (nSPS) is 11.2. The number of rotatable bonds is 8. The largest absolute Gasteiger partial charge is 0.497 e. The lowest BCUT2D eigenvalue weighted by Gasteiger charge is -2.17. The van der Waals surface area contributed by atoms with E-state index < -0.39 is 15.8 Å². The molecule has 0 atom stereocenters. The molecule has 0 unspecified atom stereocenters. The number of sulfone groups is 1. The summed E-state index contributed by atoms with van der Waals surface area (Å²) < 4.78 is 42.2. The second kappa shape index (κ2) is 10.0. The number of aryl methyl sites for hydroxylation is 1. The number of nitrogens with zero attached hydrogens (tertiary/aromatic N) is 1. The summed E-state index contributed by atoms with van der Waals surface area (Å²) in [6, 6.07) is 16.6. The fourth-order valence-electron chi connectivity index (χ4n) is 3.73. The van der Waals surface area contributed by atoms with Gasteiger partial charge in [0.25, 0.3) is 0 Å². The Morgan fingerprint density at radius 1 is 1.06 bits per heavy atom. The predicted molar refractivity (Wildman–Crippen MR) is 130 cm³/mol. The van der Waals surface area contributed by atoms with Crippen LogP contribution in [0.4, 0.5) is 5.69 Å². The minimum Gasteiger partial charge on any atom is -0.497 e. The zero-order chi connectivity index (χ0) is 25.0. The third-order valence-corrected chi connectivity index (χ3v) is 7.25. The highest BCUT2D eigenvalue weighted by Gasteiger charge is 2.24. The minimum atomic E-state index is -3.89. The summed E-state index contributed by atoms with van der Waals surface area (Å²) in [6.07, 6.45) is 2.99. The number of hydrogen-bond donors (Lipinski definition) is 1. The van der Waals surface area contributed by atoms with Gasteiger partial charge in [0.1, 0.15) is 11.5 Å². The average molecular weight is 493 g/mol. The first-order valence-corrected chi connectivity index (χ1v) is 12.2. The van der Waals surface area contributed by atoms with Gasteiger partial charge in [0.05, 0.1) is 36.6 Å². The summed E-state index contributed by atoms with van der Waals surface area (Å²) >= 11 is 0. The Balaban J connectivity index is 1.68. The number of aromatic nitrogens is 1. The van der Waals surface area contributed by atoms with Gasteiger partial charge >= 0.3 is 5.97 Å². The molecule has 8 nitrogen and oxygen atoms in total. The first-order chi connectivity index (χ1) is 16.8. The van der Waals surface area contributed by atoms with E-state index in [1.165, 1.54) is 32.5 Å². The predicted octanol–water partition coefficient (Wildman–Crippen LogP) is 4.89. The minimum absolute atomic E-state index is 0.0675. The fraction of sp³-hybridized carbons (Fsp3) is 0.154. The topological polar surface area (TPSA) is 108 Å². The van der Waals surface area contributed by atoms with Gasteiger partial charge in [-0.25, -0.2) is 18.2 Å². The molecule has 0 saturated carbocycles. The van der Waals surface area contributed by atoms with Gasteiger partial charge in [-0.05, 0) is 67.1 Å². The Hall–Kier alpha value is -4.11. The summed E-state index contributed by atoms with van der Waals surface area (Å²) in [5.74, 6) is 0.641. The molecular weight excluding hydrogens is 468 g/mol. The van der Waals surface area contributed by atoms with Crippen LogP contribution in [-0.2, 0) is 21.1 Å². The van der Waals surface area contributed by atoms with Crippen molar-refractivity contribution in [1.29, 1.82) is 0 Å². The molecule has 0 aliphatic heterocycles. The number of carbonyl (C=O) groups is 1. The number of furan rings is 1. The Labute approximate surface area is 203 Å². The first-order valence-electron chi connectivity index (χ1n) is 10.7. The maximum atomic E-state index is 13.3. The van der Waals surface area contributed by atoms with Crippen LogP contribution in [0.1, 0.15) is 21.5 Å². The molecule has 9 heteroatoms. The number of esters is 1. The number of nitrogens with one attached hydrogen (secondary N) is 1. The van der Waals surface area contributed by atoms with Crippen molar-refractivity contribution in [2.45, 2.75) is 23.4 Å². The van der Waals surface area contributed by atoms with Gasteiger partial charge in [-0.1, -0.05) is 6.07 Å². The van der Waals surface area contributed by atoms with E-state index in [2.05, 4.69) is 10.3 Å². The number of methoxy groups -OCH3 is 2. The van der Waals surface area contributed by atoms with E-state index in [0.717, 1.165) is 11.1 Å². The summed E-state index contributed by atoms with van der Waals surface area (Å²) in [6.45, 7) is 1.96. The number of benzene rings is 2. The Morgan fingerprint density at radius 2 is 1.83 bits per heavy atom. The van der Waals surface area contributed by atoms with Crippen molar-refractivity contribution in [2.24, 2.45) is 0 Å². The van der Waals surface area contributed by atoms with Crippen molar-refractivity contribution in [3.05, 3.63) is 89.8 Å². The molecule has 0 spiro atoms. The SMILES string of the molecule is COC(=O)c1cc(-c2ccco2)cc(C)c1NCc1cccnc1S(=O)(=O)c1ccc(OC)cc1. The highest BCUT2D eigenvalue weighted by Crippen LogP contribution is 2.31. The number of carbonyl (C=O) groups excluding carboxylic acids is 1. The monoisotopic (exact) mass is 492 g/mol. The molecule has 0 fully saturated rings. The summed E-state index contributed by atoms with van der Waals surface area (Å²) in [4.78, 5) is 16.8. The molecule has 0 saturated heterocycles. The van der Waals surface area contributed by atoms with Crippen LogP contribution in [0.15, 0.2) is 87.5 Å². The second-order valence-corrected chi connectivity index (χ2v) is 9.55. The van der Waals surface area contributed by atoms with Crippen molar-refractivity contribution < 1.29 is 27.1 Å². The van der Waals surface area contributed by atoms with Crippen LogP contribution in [0.25, 0.3) is 11.3 Å². The van der Waals surface area contributed by atoms with Gasteiger partial charge in [-0.3, -0.25) is 0 Å². The van der Waals surface area contributed by atoms with Gasteiger partial charge in [0, 0.05) is 23.9 Å². The van der Waals surface area contributed by atoms with E-state index >= 15 is 0 Å². The van der Waals surface area contributed by atoms with Gasteiger partial charge in [0.2, 0.25) is 9.84 Å². The van der Waals surface area contributed by atoms with E-state index in [-0.39, 0.29) is 16.5 Å². The summed E-state index contributed by atoms with van der Waals surface area (Å²) in [7, 11) is -1.07. The van der Waals surface area contributed by atoms with Crippen LogP contribution in [0.3, 0.4) is 0 Å². The van der Waals surface area contributed by atoms with Crippen molar-refractivity contribution in [2.75, 3.05) is 19.5 Å². The van der Waals surface area contributed by atoms with Crippen molar-refractivity contribution >= 4 is 21.5 Å². The van der Waals surface area contributed by atoms with Crippen LogP contribution < -0.4 is 10.1 Å². The molecule has 0 aliphatic carbocycles. The average Bonchev–Trinajstić information content (AvgIpc) is 3.42. The molecule has 0 bridgehead atoms. The first kappa shape index (κ1) is 24.0. The van der Waals surface area contributed by atoms with E-state index in [1.807, 2.05) is 13.0 Å². The standard InChI is InChI=1S/C26H24N2O6S/c1-17-14-19(23-7-5-13-34-23)15-22(26(29)33-3)24(17)28-16-18-6-4-12-27-25(18)35(30,31)21-10-8-20(32-2)9-11-21/h4-15,28H,16H2,1-3H3. The Kier molecular flexibility index (Phi) is 6.88. The van der Waals surface area contributed by atoms with Crippen LogP contribution >= 0.6 is 0 Å². The van der Waals surface area contributed by atoms with Crippen molar-refractivity contribution in [1.82, 2.24) is 4.98 Å². The Bertz CT molecular complexity index is 1450. The van der Waals surface area contributed by atoms with Gasteiger partial charge in [-0.15, -0.1) is 0 Å². The van der Waals surface area contributed by atoms with E-state index in [1.54, 1.807) is 48.7 Å². The summed E-state index contributed by atoms with van der Waals surface area (Å²) in [5, 5.41) is 3.14. The van der Waals surface area contributed by atoms with Crippen molar-refractivity contribution in [3.8, 4) is 17.1 Å². The van der Waals surface area contributed by atoms with Crippen LogP contribution in [0.2, 0.25) is 0 Å². The van der Waals surface area contributed by atoms with E-state index in [4.69, 9.17) is 13.9 Å². The molecule has 0 aliphatic rings. The molecule has 0 amide bonds. The fourth-order valence-corrected chi connectivity index (χ4v) is 5.13. The zero-order valence-electron chi connectivity index (χ0n) is 19.4. The van der Waals surface area contributed by atoms with Crippen molar-refractivity contribution in [3.63, 3.8) is 0 Å². The van der Waals surface area contributed by atoms with E-state index in [9.17, 15) is 13.2 Å². The molecule has 35 heavy (non-hydrogen) atoms. The lowest BCUT2D eigenvalue weighted by Crippen LogP contribution is -2.13. The zero-order valence-corrected chi connectivity index (χ0v) is 20.3. The van der Waals surface area contributed by atoms with E-state index in [0.29, 0.717) is 28.3 Å². The molecule has 4 aromatic rings. The lowest BCUT2D eigenvalue weighted by molar-refractivity contribution is 0.0601. The number of anilines is 1. The summed E-state index contributed by atoms with van der Waals surface area (Å²) in [5.41, 5.74) is 2.78. The maximum absolute atomic E-state index is 13.3. The molecule has 2 aromatic carbocycles. The lowest BCUT2D eigenvalue weighted by atomic mass is 10.0.